The molecule has 0 aromatic carbocycles. The third-order valence-electron chi connectivity index (χ3n) is 8.65. The summed E-state index contributed by atoms with van der Waals surface area (Å²) in [6.45, 7) is 22.1. The number of carbonyl (C=O) groups is 2. The van der Waals surface area contributed by atoms with Gasteiger partial charge in [-0.1, -0.05) is 73.5 Å². The summed E-state index contributed by atoms with van der Waals surface area (Å²) in [7, 11) is -4.13. The maximum absolute atomic E-state index is 13.7. The van der Waals surface area contributed by atoms with Crippen molar-refractivity contribution in [3.63, 3.8) is 0 Å². The van der Waals surface area contributed by atoms with Gasteiger partial charge in [0, 0.05) is 12.3 Å². The maximum Gasteiger partial charge on any atom is 0.306 e. The van der Waals surface area contributed by atoms with E-state index in [4.69, 9.17) is 13.6 Å². The number of rotatable bonds is 16. The van der Waals surface area contributed by atoms with Gasteiger partial charge in [-0.2, -0.15) is 0 Å². The van der Waals surface area contributed by atoms with E-state index in [9.17, 15) is 9.59 Å². The zero-order valence-electron chi connectivity index (χ0n) is 25.1. The van der Waals surface area contributed by atoms with Gasteiger partial charge in [0.1, 0.15) is 5.78 Å². The molecule has 0 heterocycles. The van der Waals surface area contributed by atoms with Crippen LogP contribution in [0.1, 0.15) is 93.9 Å². The van der Waals surface area contributed by atoms with Gasteiger partial charge < -0.3 is 13.6 Å². The fraction of sp³-hybridized carbons (Fsp3) is 0.862. The highest BCUT2D eigenvalue weighted by molar-refractivity contribution is 6.74. The molecule has 0 aliphatic heterocycles. The molecule has 0 bridgehead atoms. The van der Waals surface area contributed by atoms with Crippen LogP contribution in [0.4, 0.5) is 0 Å². The number of unbranched alkanes of at least 4 members (excludes halogenated alkanes) is 3. The van der Waals surface area contributed by atoms with Gasteiger partial charge in [0.05, 0.1) is 31.2 Å². The van der Waals surface area contributed by atoms with Crippen LogP contribution in [0.25, 0.3) is 0 Å². The molecule has 0 amide bonds. The number of Topliss-reactive ketones (excluding diaryl/α,β-unsaturated/α-hetero) is 1. The normalized spacial score (nSPS) is 22.4. The maximum atomic E-state index is 13.7. The number of esters is 1. The molecule has 7 heteroatoms. The highest BCUT2D eigenvalue weighted by Crippen LogP contribution is 2.44. The lowest BCUT2D eigenvalue weighted by atomic mass is 9.86. The van der Waals surface area contributed by atoms with Crippen LogP contribution >= 0.6 is 0 Å². The first-order chi connectivity index (χ1) is 16.8. The molecule has 36 heavy (non-hydrogen) atoms. The summed E-state index contributed by atoms with van der Waals surface area (Å²) in [4.78, 5) is 26.4. The van der Waals surface area contributed by atoms with Gasteiger partial charge in [-0.25, -0.2) is 0 Å². The zero-order valence-corrected chi connectivity index (χ0v) is 27.1. The third-order valence-corrected chi connectivity index (χ3v) is 17.8. The zero-order chi connectivity index (χ0) is 27.6. The quantitative estimate of drug-likeness (QED) is 0.0857. The van der Waals surface area contributed by atoms with Gasteiger partial charge in [0.2, 0.25) is 0 Å². The number of ether oxygens (including phenoxy) is 1. The van der Waals surface area contributed by atoms with Crippen molar-refractivity contribution in [3.05, 3.63) is 12.2 Å². The average Bonchev–Trinajstić information content (AvgIpc) is 3.09. The predicted octanol–water partition coefficient (Wildman–Crippen LogP) is 8.06. The van der Waals surface area contributed by atoms with E-state index in [1.165, 1.54) is 12.8 Å². The predicted molar refractivity (Wildman–Crippen MR) is 155 cm³/mol. The van der Waals surface area contributed by atoms with Gasteiger partial charge in [-0.3, -0.25) is 9.59 Å². The molecule has 0 saturated heterocycles. The number of hydrogen-bond donors (Lipinski definition) is 0. The molecule has 4 atom stereocenters. The second-order valence-corrected chi connectivity index (χ2v) is 21.5. The van der Waals surface area contributed by atoms with Crippen LogP contribution in [-0.4, -0.2) is 47.2 Å². The fourth-order valence-corrected chi connectivity index (χ4v) is 9.17. The summed E-state index contributed by atoms with van der Waals surface area (Å²) in [5.74, 6) is -0.680. The summed E-state index contributed by atoms with van der Waals surface area (Å²) in [5.41, 5.74) is 0. The van der Waals surface area contributed by atoms with Crippen molar-refractivity contribution in [1.82, 2.24) is 0 Å². The minimum Gasteiger partial charge on any atom is -0.466 e. The highest BCUT2D eigenvalue weighted by atomic mass is 28.4. The molecule has 1 rings (SSSR count). The van der Waals surface area contributed by atoms with Gasteiger partial charge >= 0.3 is 5.97 Å². The molecule has 1 aliphatic carbocycles. The van der Waals surface area contributed by atoms with E-state index in [-0.39, 0.29) is 47.3 Å². The van der Waals surface area contributed by atoms with Gasteiger partial charge in [-0.05, 0) is 56.0 Å². The topological polar surface area (TPSA) is 61.8 Å². The van der Waals surface area contributed by atoms with Gasteiger partial charge in [-0.15, -0.1) is 0 Å². The van der Waals surface area contributed by atoms with Crippen LogP contribution in [0.15, 0.2) is 12.2 Å². The van der Waals surface area contributed by atoms with Crippen LogP contribution < -0.4 is 0 Å². The van der Waals surface area contributed by atoms with E-state index in [0.717, 1.165) is 31.0 Å². The Kier molecular flexibility index (Phi) is 13.8. The van der Waals surface area contributed by atoms with E-state index in [0.29, 0.717) is 13.0 Å². The Morgan fingerprint density at radius 3 is 2.17 bits per heavy atom. The van der Waals surface area contributed by atoms with Crippen LogP contribution in [0.5, 0.6) is 0 Å². The fourth-order valence-electron chi connectivity index (χ4n) is 5.00. The van der Waals surface area contributed by atoms with Crippen molar-refractivity contribution in [2.24, 2.45) is 11.8 Å². The minimum atomic E-state index is -2.14. The monoisotopic (exact) mass is 540 g/mol. The lowest BCUT2D eigenvalue weighted by Gasteiger charge is -2.41. The number of carbonyl (C=O) groups excluding carboxylic acids is 2. The van der Waals surface area contributed by atoms with Crippen molar-refractivity contribution < 1.29 is 23.2 Å². The van der Waals surface area contributed by atoms with E-state index < -0.39 is 16.6 Å². The number of ketones is 1. The summed E-state index contributed by atoms with van der Waals surface area (Å²) < 4.78 is 19.2. The molecular formula is C29H56O5Si2. The molecule has 0 radical (unpaired) electrons. The molecule has 0 aromatic rings. The molecule has 0 unspecified atom stereocenters. The van der Waals surface area contributed by atoms with E-state index in [1.54, 1.807) is 0 Å². The molecule has 1 aliphatic rings. The second-order valence-electron chi connectivity index (χ2n) is 12.0. The first-order valence-electron chi connectivity index (χ1n) is 14.5. The Balaban J connectivity index is 3.42. The highest BCUT2D eigenvalue weighted by Gasteiger charge is 2.52. The smallest absolute Gasteiger partial charge is 0.306 e. The number of allylic oxidation sites excluding steroid dienone is 1. The standard InChI is InChI=1S/C29H56O5Si2/c1-11-16-17-18-19-20-25(34-36(13-3,14-4)15-5)28-23(21-27(31)32-12-2)26(22-24(28)30)33-35(9,10)29(6,7)8/h19-20,23,25-26,28H,11-18,21-22H2,1-10H3/b20-19+/t23-,25-,26-,28+/m0/s1. The summed E-state index contributed by atoms with van der Waals surface area (Å²) in [6.07, 6.45) is 8.83. The van der Waals surface area contributed by atoms with Crippen molar-refractivity contribution in [1.29, 1.82) is 0 Å². The summed E-state index contributed by atoms with van der Waals surface area (Å²) >= 11 is 0. The van der Waals surface area contributed by atoms with Gasteiger partial charge in [0.15, 0.2) is 16.6 Å². The minimum absolute atomic E-state index is 0.0202. The molecule has 1 saturated carbocycles. The lowest BCUT2D eigenvalue weighted by molar-refractivity contribution is -0.145. The molecular weight excluding hydrogens is 484 g/mol. The molecule has 5 nitrogen and oxygen atoms in total. The number of hydrogen-bond acceptors (Lipinski definition) is 5. The first kappa shape index (κ1) is 33.3. The molecule has 0 spiro atoms. The lowest BCUT2D eigenvalue weighted by Crippen LogP contribution is -2.47. The van der Waals surface area contributed by atoms with Crippen molar-refractivity contribution >= 4 is 28.4 Å². The van der Waals surface area contributed by atoms with E-state index >= 15 is 0 Å². The summed E-state index contributed by atoms with van der Waals surface area (Å²) in [6, 6.07) is 3.06. The van der Waals surface area contributed by atoms with Crippen LogP contribution in [0.3, 0.4) is 0 Å². The molecule has 210 valence electrons. The molecule has 0 N–H and O–H groups in total. The Morgan fingerprint density at radius 2 is 1.67 bits per heavy atom. The van der Waals surface area contributed by atoms with Crippen molar-refractivity contribution in [2.45, 2.75) is 142 Å². The Bertz CT molecular complexity index is 701. The van der Waals surface area contributed by atoms with Crippen LogP contribution in [0.2, 0.25) is 36.3 Å². The Morgan fingerprint density at radius 1 is 1.06 bits per heavy atom. The second kappa shape index (κ2) is 15.0. The molecule has 1 fully saturated rings. The van der Waals surface area contributed by atoms with E-state index in [2.05, 4.69) is 73.7 Å². The van der Waals surface area contributed by atoms with Crippen LogP contribution in [0, 0.1) is 11.8 Å². The van der Waals surface area contributed by atoms with E-state index in [1.807, 2.05) is 6.92 Å². The Hall–Kier alpha value is -0.766. The molecule has 0 aromatic heterocycles. The average molecular weight is 541 g/mol. The van der Waals surface area contributed by atoms with Crippen molar-refractivity contribution in [3.8, 4) is 0 Å². The first-order valence-corrected chi connectivity index (χ1v) is 20.0. The summed E-state index contributed by atoms with van der Waals surface area (Å²) in [5, 5.41) is 0.0202. The SMILES string of the molecule is CCCCC/C=C/[C@H](O[Si](CC)(CC)CC)[C@H]1C(=O)C[C@H](O[Si](C)(C)C(C)(C)C)[C@@H]1CC(=O)OCC. The van der Waals surface area contributed by atoms with Gasteiger partial charge in [0.25, 0.3) is 0 Å². The van der Waals surface area contributed by atoms with Crippen molar-refractivity contribution in [2.75, 3.05) is 6.61 Å². The Labute approximate surface area is 224 Å². The largest absolute Gasteiger partial charge is 0.466 e. The third kappa shape index (κ3) is 9.21. The van der Waals surface area contributed by atoms with Crippen LogP contribution in [-0.2, 0) is 23.2 Å².